The van der Waals surface area contributed by atoms with Crippen LogP contribution in [0.5, 0.6) is 0 Å². The molecule has 2 aromatic rings. The number of carbonyl (C=O) groups is 2. The highest BCUT2D eigenvalue weighted by molar-refractivity contribution is 6.27. The highest BCUT2D eigenvalue weighted by atomic mass is 16.6. The molecule has 2 N–H and O–H groups in total. The van der Waals surface area contributed by atoms with Crippen molar-refractivity contribution < 1.29 is 24.7 Å². The molecule has 0 aliphatic carbocycles. The third kappa shape index (κ3) is 8.15. The zero-order valence-electron chi connectivity index (χ0n) is 17.4. The largest absolute Gasteiger partial charge is 0.473 e. The highest BCUT2D eigenvalue weighted by Gasteiger charge is 2.18. The van der Waals surface area contributed by atoms with Crippen LogP contribution in [0.1, 0.15) is 23.6 Å². The smallest absolute Gasteiger partial charge is 0.414 e. The molecule has 31 heavy (non-hydrogen) atoms. The molecule has 0 bridgehead atoms. The lowest BCUT2D eigenvalue weighted by atomic mass is 10.1. The van der Waals surface area contributed by atoms with Crippen molar-refractivity contribution >= 4 is 17.6 Å². The summed E-state index contributed by atoms with van der Waals surface area (Å²) in [6.07, 6.45) is 1.08. The highest BCUT2D eigenvalue weighted by Crippen LogP contribution is 2.16. The van der Waals surface area contributed by atoms with Gasteiger partial charge in [-0.2, -0.15) is 0 Å². The Balaban J connectivity index is 0.000000501. The van der Waals surface area contributed by atoms with Crippen LogP contribution in [0.2, 0.25) is 0 Å². The fraction of sp³-hybridized carbons (Fsp3) is 0.364. The minimum atomic E-state index is -1.82. The molecule has 9 nitrogen and oxygen atoms in total. The first-order valence-electron chi connectivity index (χ1n) is 10.0. The number of piperazine rings is 1. The lowest BCUT2D eigenvalue weighted by molar-refractivity contribution is -0.384. The molecular weight excluding hydrogens is 402 g/mol. The average Bonchev–Trinajstić information content (AvgIpc) is 2.76. The number of aliphatic carboxylic acids is 2. The van der Waals surface area contributed by atoms with Crippen molar-refractivity contribution in [1.29, 1.82) is 0 Å². The molecule has 1 fully saturated rings. The van der Waals surface area contributed by atoms with Crippen molar-refractivity contribution in [3.05, 3.63) is 75.3 Å². The molecule has 2 aromatic carbocycles. The second-order valence-corrected chi connectivity index (χ2v) is 7.26. The minimum absolute atomic E-state index is 0.173. The van der Waals surface area contributed by atoms with Gasteiger partial charge in [-0.15, -0.1) is 0 Å². The summed E-state index contributed by atoms with van der Waals surface area (Å²) in [5.41, 5.74) is 3.93. The average molecular weight is 429 g/mol. The number of rotatable bonds is 6. The predicted octanol–water partition coefficient (Wildman–Crippen LogP) is 2.63. The maximum absolute atomic E-state index is 10.9. The van der Waals surface area contributed by atoms with Crippen LogP contribution in [-0.2, 0) is 29.1 Å². The molecule has 1 saturated heterocycles. The van der Waals surface area contributed by atoms with Gasteiger partial charge in [0, 0.05) is 51.4 Å². The Hall–Kier alpha value is -3.30. The van der Waals surface area contributed by atoms with Crippen LogP contribution in [0.25, 0.3) is 0 Å². The van der Waals surface area contributed by atoms with Gasteiger partial charge < -0.3 is 10.2 Å². The molecule has 0 amide bonds. The van der Waals surface area contributed by atoms with Gasteiger partial charge in [0.2, 0.25) is 0 Å². The topological polar surface area (TPSA) is 124 Å². The van der Waals surface area contributed by atoms with Crippen molar-refractivity contribution in [2.45, 2.75) is 26.4 Å². The predicted molar refractivity (Wildman–Crippen MR) is 115 cm³/mol. The standard InChI is InChI=1S/C20H25N3O2.C2H2O4/c1-2-17-6-8-18(9-7-17)15-21-10-12-22(13-11-21)16-19-4-3-5-20(14-19)23(24)25;3-1(4)2(5)6/h3-9,14H,2,10-13,15-16H2,1H3;(H,3,4)(H,5,6). The van der Waals surface area contributed by atoms with Gasteiger partial charge >= 0.3 is 11.9 Å². The summed E-state index contributed by atoms with van der Waals surface area (Å²) in [6.45, 7) is 8.01. The Morgan fingerprint density at radius 3 is 1.81 bits per heavy atom. The summed E-state index contributed by atoms with van der Waals surface area (Å²) in [5, 5.41) is 25.7. The molecule has 166 valence electrons. The summed E-state index contributed by atoms with van der Waals surface area (Å²) in [5.74, 6) is -3.65. The van der Waals surface area contributed by atoms with E-state index >= 15 is 0 Å². The van der Waals surface area contributed by atoms with Crippen molar-refractivity contribution in [2.75, 3.05) is 26.2 Å². The number of nitro benzene ring substituents is 1. The van der Waals surface area contributed by atoms with Gasteiger partial charge in [-0.05, 0) is 23.1 Å². The van der Waals surface area contributed by atoms with Crippen LogP contribution in [0, 0.1) is 10.1 Å². The lowest BCUT2D eigenvalue weighted by Gasteiger charge is -2.34. The first-order valence-corrected chi connectivity index (χ1v) is 10.0. The van der Waals surface area contributed by atoms with E-state index in [9.17, 15) is 10.1 Å². The van der Waals surface area contributed by atoms with Crippen LogP contribution in [0.3, 0.4) is 0 Å². The zero-order valence-corrected chi connectivity index (χ0v) is 17.4. The van der Waals surface area contributed by atoms with Crippen LogP contribution >= 0.6 is 0 Å². The van der Waals surface area contributed by atoms with E-state index in [1.165, 1.54) is 11.1 Å². The van der Waals surface area contributed by atoms with E-state index in [1.54, 1.807) is 18.2 Å². The first-order chi connectivity index (χ1) is 14.8. The van der Waals surface area contributed by atoms with E-state index in [4.69, 9.17) is 19.8 Å². The monoisotopic (exact) mass is 429 g/mol. The normalized spacial score (nSPS) is 14.4. The number of non-ortho nitro benzene ring substituents is 1. The van der Waals surface area contributed by atoms with E-state index in [1.807, 2.05) is 6.07 Å². The second kappa shape index (κ2) is 11.8. The number of hydrogen-bond acceptors (Lipinski definition) is 6. The van der Waals surface area contributed by atoms with Gasteiger partial charge in [0.1, 0.15) is 0 Å². The second-order valence-electron chi connectivity index (χ2n) is 7.26. The zero-order chi connectivity index (χ0) is 22.8. The third-order valence-electron chi connectivity index (χ3n) is 5.01. The summed E-state index contributed by atoms with van der Waals surface area (Å²) in [7, 11) is 0. The van der Waals surface area contributed by atoms with Crippen LogP contribution in [0.15, 0.2) is 48.5 Å². The van der Waals surface area contributed by atoms with Crippen molar-refractivity contribution in [2.24, 2.45) is 0 Å². The molecule has 3 rings (SSSR count). The minimum Gasteiger partial charge on any atom is -0.473 e. The van der Waals surface area contributed by atoms with Crippen molar-refractivity contribution in [3.63, 3.8) is 0 Å². The molecule has 0 saturated carbocycles. The molecule has 1 aliphatic heterocycles. The van der Waals surface area contributed by atoms with Gasteiger partial charge in [-0.1, -0.05) is 43.3 Å². The Labute approximate surface area is 180 Å². The SMILES string of the molecule is CCc1ccc(CN2CCN(Cc3cccc([N+](=O)[O-])c3)CC2)cc1.O=C(O)C(=O)O. The van der Waals surface area contributed by atoms with E-state index in [2.05, 4.69) is 41.0 Å². The number of hydrogen-bond donors (Lipinski definition) is 2. The van der Waals surface area contributed by atoms with Gasteiger partial charge in [-0.3, -0.25) is 19.9 Å². The maximum atomic E-state index is 10.9. The summed E-state index contributed by atoms with van der Waals surface area (Å²) in [4.78, 5) is 33.6. The lowest BCUT2D eigenvalue weighted by Crippen LogP contribution is -2.45. The number of nitrogens with zero attached hydrogens (tertiary/aromatic N) is 3. The van der Waals surface area contributed by atoms with E-state index in [0.29, 0.717) is 0 Å². The van der Waals surface area contributed by atoms with Crippen molar-refractivity contribution in [3.8, 4) is 0 Å². The van der Waals surface area contributed by atoms with E-state index in [0.717, 1.165) is 51.3 Å². The molecule has 1 aliphatic rings. The maximum Gasteiger partial charge on any atom is 0.414 e. The van der Waals surface area contributed by atoms with Crippen LogP contribution in [0.4, 0.5) is 5.69 Å². The van der Waals surface area contributed by atoms with Gasteiger partial charge in [0.25, 0.3) is 5.69 Å². The Morgan fingerprint density at radius 2 is 1.35 bits per heavy atom. The van der Waals surface area contributed by atoms with Gasteiger partial charge in [-0.25, -0.2) is 9.59 Å². The molecule has 0 spiro atoms. The molecule has 0 aromatic heterocycles. The molecule has 0 radical (unpaired) electrons. The summed E-state index contributed by atoms with van der Waals surface area (Å²) >= 11 is 0. The Bertz CT molecular complexity index is 880. The summed E-state index contributed by atoms with van der Waals surface area (Å²) < 4.78 is 0. The third-order valence-corrected chi connectivity index (χ3v) is 5.01. The number of nitro groups is 1. The molecule has 1 heterocycles. The fourth-order valence-electron chi connectivity index (χ4n) is 3.27. The number of aryl methyl sites for hydroxylation is 1. The number of carboxylic acids is 2. The summed E-state index contributed by atoms with van der Waals surface area (Å²) in [6, 6.07) is 15.9. The first kappa shape index (κ1) is 24.0. The van der Waals surface area contributed by atoms with Crippen LogP contribution < -0.4 is 0 Å². The number of carboxylic acid groups (broad SMARTS) is 2. The molecular formula is C22H27N3O6. The van der Waals surface area contributed by atoms with Crippen LogP contribution in [-0.4, -0.2) is 63.1 Å². The fourth-order valence-corrected chi connectivity index (χ4v) is 3.27. The Morgan fingerprint density at radius 1 is 0.871 bits per heavy atom. The van der Waals surface area contributed by atoms with E-state index in [-0.39, 0.29) is 10.6 Å². The van der Waals surface area contributed by atoms with E-state index < -0.39 is 11.9 Å². The van der Waals surface area contributed by atoms with Crippen molar-refractivity contribution in [1.82, 2.24) is 9.80 Å². The molecule has 0 unspecified atom stereocenters. The Kier molecular flexibility index (Phi) is 9.11. The molecule has 0 atom stereocenters. The van der Waals surface area contributed by atoms with Gasteiger partial charge in [0.05, 0.1) is 4.92 Å². The quantitative estimate of drug-likeness (QED) is 0.408. The molecule has 9 heteroatoms. The van der Waals surface area contributed by atoms with Gasteiger partial charge in [0.15, 0.2) is 0 Å². The number of benzene rings is 2.